The van der Waals surface area contributed by atoms with Crippen LogP contribution in [0.25, 0.3) is 0 Å². The Morgan fingerprint density at radius 3 is 2.85 bits per heavy atom. The molecule has 2 saturated heterocycles. The smallest absolute Gasteiger partial charge is 0.278 e. The molecule has 2 N–H and O–H groups in total. The van der Waals surface area contributed by atoms with Crippen LogP contribution in [0.2, 0.25) is 0 Å². The zero-order valence-corrected chi connectivity index (χ0v) is 11.8. The predicted molar refractivity (Wildman–Crippen MR) is 73.5 cm³/mol. The van der Waals surface area contributed by atoms with Crippen molar-refractivity contribution >= 4 is 5.69 Å². The lowest BCUT2D eigenvalue weighted by atomic mass is 9.78. The maximum atomic E-state index is 11.2. The molecule has 1 aromatic rings. The third kappa shape index (κ3) is 1.99. The Morgan fingerprint density at radius 2 is 2.30 bits per heavy atom. The molecule has 3 unspecified atom stereocenters. The molecule has 6 heteroatoms. The van der Waals surface area contributed by atoms with Gasteiger partial charge < -0.3 is 10.5 Å². The van der Waals surface area contributed by atoms with Crippen molar-refractivity contribution in [3.05, 3.63) is 33.1 Å². The summed E-state index contributed by atoms with van der Waals surface area (Å²) in [7, 11) is 0. The number of pyridine rings is 1. The van der Waals surface area contributed by atoms with E-state index in [1.54, 1.807) is 20.0 Å². The summed E-state index contributed by atoms with van der Waals surface area (Å²) in [5, 5.41) is 11.2. The molecule has 3 rings (SSSR count). The maximum Gasteiger partial charge on any atom is 0.278 e. The van der Waals surface area contributed by atoms with Crippen molar-refractivity contribution in [2.45, 2.75) is 57.3 Å². The average molecular weight is 277 g/mol. The molecule has 1 aromatic heterocycles. The minimum atomic E-state index is -0.427. The van der Waals surface area contributed by atoms with E-state index in [1.165, 1.54) is 0 Å². The van der Waals surface area contributed by atoms with Crippen LogP contribution < -0.4 is 5.73 Å². The molecular weight excluding hydrogens is 258 g/mol. The van der Waals surface area contributed by atoms with Gasteiger partial charge in [-0.25, -0.2) is 0 Å². The first-order valence-corrected chi connectivity index (χ1v) is 6.94. The van der Waals surface area contributed by atoms with E-state index in [9.17, 15) is 10.1 Å². The molecule has 0 spiro atoms. The summed E-state index contributed by atoms with van der Waals surface area (Å²) < 4.78 is 5.81. The van der Waals surface area contributed by atoms with Crippen LogP contribution in [0.4, 0.5) is 5.69 Å². The van der Waals surface area contributed by atoms with E-state index in [0.29, 0.717) is 17.5 Å². The van der Waals surface area contributed by atoms with Crippen LogP contribution in [0.1, 0.15) is 36.1 Å². The number of hydrogen-bond donors (Lipinski definition) is 1. The van der Waals surface area contributed by atoms with Crippen molar-refractivity contribution < 1.29 is 9.66 Å². The fraction of sp³-hybridized carbons (Fsp3) is 0.643. The molecule has 2 fully saturated rings. The summed E-state index contributed by atoms with van der Waals surface area (Å²) in [4.78, 5) is 15.2. The summed E-state index contributed by atoms with van der Waals surface area (Å²) in [6.45, 7) is 3.46. The average Bonchev–Trinajstić information content (AvgIpc) is 2.92. The minimum absolute atomic E-state index is 0.0639. The van der Waals surface area contributed by atoms with Crippen LogP contribution >= 0.6 is 0 Å². The maximum absolute atomic E-state index is 11.2. The number of rotatable bonds is 3. The molecular formula is C14H19N3O3. The Balaban J connectivity index is 1.92. The Labute approximate surface area is 117 Å². The van der Waals surface area contributed by atoms with Gasteiger partial charge in [-0.1, -0.05) is 0 Å². The normalized spacial score (nSPS) is 31.8. The first-order valence-electron chi connectivity index (χ1n) is 6.94. The molecule has 0 amide bonds. The molecule has 3 atom stereocenters. The largest absolute Gasteiger partial charge is 0.373 e. The second-order valence-electron chi connectivity index (χ2n) is 6.06. The van der Waals surface area contributed by atoms with Gasteiger partial charge in [-0.15, -0.1) is 0 Å². The van der Waals surface area contributed by atoms with Gasteiger partial charge in [0.2, 0.25) is 0 Å². The number of nitrogens with zero attached hydrogens (tertiary/aromatic N) is 2. The number of nitro groups is 1. The Kier molecular flexibility index (Phi) is 3.02. The van der Waals surface area contributed by atoms with Crippen molar-refractivity contribution in [1.29, 1.82) is 0 Å². The molecule has 6 nitrogen and oxygen atoms in total. The van der Waals surface area contributed by atoms with Gasteiger partial charge in [-0.3, -0.25) is 15.1 Å². The third-order valence-electron chi connectivity index (χ3n) is 4.61. The van der Waals surface area contributed by atoms with Crippen molar-refractivity contribution in [3.8, 4) is 0 Å². The van der Waals surface area contributed by atoms with Crippen molar-refractivity contribution in [2.75, 3.05) is 0 Å². The first-order chi connectivity index (χ1) is 9.40. The highest BCUT2D eigenvalue weighted by Crippen LogP contribution is 2.42. The lowest BCUT2D eigenvalue weighted by molar-refractivity contribution is -0.386. The van der Waals surface area contributed by atoms with Crippen molar-refractivity contribution in [1.82, 2.24) is 4.98 Å². The van der Waals surface area contributed by atoms with E-state index < -0.39 is 5.54 Å². The van der Waals surface area contributed by atoms with E-state index in [1.807, 2.05) is 0 Å². The Hall–Kier alpha value is -1.53. The summed E-state index contributed by atoms with van der Waals surface area (Å²) in [6.07, 6.45) is 5.30. The van der Waals surface area contributed by atoms with Crippen LogP contribution in [-0.4, -0.2) is 27.7 Å². The summed E-state index contributed by atoms with van der Waals surface area (Å²) in [5.74, 6) is 0. The fourth-order valence-corrected chi connectivity index (χ4v) is 3.56. The predicted octanol–water partition coefficient (Wildman–Crippen LogP) is 1.80. The van der Waals surface area contributed by atoms with Gasteiger partial charge in [0.15, 0.2) is 0 Å². The van der Waals surface area contributed by atoms with Gasteiger partial charge in [0, 0.05) is 23.7 Å². The van der Waals surface area contributed by atoms with E-state index in [4.69, 9.17) is 10.5 Å². The molecule has 3 heterocycles. The standard InChI is InChI=1S/C14H19N3O3/c1-8-7-16-11(9(2)13(8)17(18)19)6-14(15)5-10-3-4-12(14)20-10/h7,10,12H,3-6,15H2,1-2H3. The van der Waals surface area contributed by atoms with Gasteiger partial charge in [0.25, 0.3) is 5.69 Å². The summed E-state index contributed by atoms with van der Waals surface area (Å²) in [6, 6.07) is 0. The number of hydrogen-bond acceptors (Lipinski definition) is 5. The Morgan fingerprint density at radius 1 is 1.55 bits per heavy atom. The van der Waals surface area contributed by atoms with E-state index in [0.717, 1.165) is 25.0 Å². The number of aromatic nitrogens is 1. The fourth-order valence-electron chi connectivity index (χ4n) is 3.56. The quantitative estimate of drug-likeness (QED) is 0.672. The zero-order chi connectivity index (χ0) is 14.5. The van der Waals surface area contributed by atoms with Gasteiger partial charge in [-0.2, -0.15) is 0 Å². The highest BCUT2D eigenvalue weighted by Gasteiger charge is 2.50. The minimum Gasteiger partial charge on any atom is -0.373 e. The molecule has 0 radical (unpaired) electrons. The number of fused-ring (bicyclic) bond motifs is 2. The summed E-state index contributed by atoms with van der Waals surface area (Å²) in [5.41, 5.74) is 8.14. The molecule has 0 aromatic carbocycles. The van der Waals surface area contributed by atoms with Gasteiger partial charge in [-0.05, 0) is 33.1 Å². The molecule has 2 bridgehead atoms. The second-order valence-corrected chi connectivity index (χ2v) is 6.06. The molecule has 0 saturated carbocycles. The highest BCUT2D eigenvalue weighted by atomic mass is 16.6. The van der Waals surface area contributed by atoms with Gasteiger partial charge in [0.1, 0.15) is 0 Å². The zero-order valence-electron chi connectivity index (χ0n) is 11.8. The van der Waals surface area contributed by atoms with E-state index >= 15 is 0 Å². The van der Waals surface area contributed by atoms with Crippen LogP contribution in [0.5, 0.6) is 0 Å². The molecule has 108 valence electrons. The van der Waals surface area contributed by atoms with Crippen molar-refractivity contribution in [3.63, 3.8) is 0 Å². The molecule has 0 aliphatic carbocycles. The number of aryl methyl sites for hydroxylation is 1. The Bertz CT molecular complexity index is 575. The first kappa shape index (κ1) is 13.5. The summed E-state index contributed by atoms with van der Waals surface area (Å²) >= 11 is 0. The van der Waals surface area contributed by atoms with Gasteiger partial charge >= 0.3 is 0 Å². The van der Waals surface area contributed by atoms with Crippen LogP contribution in [-0.2, 0) is 11.2 Å². The molecule has 2 aliphatic rings. The highest BCUT2D eigenvalue weighted by molar-refractivity contribution is 5.47. The van der Waals surface area contributed by atoms with Crippen LogP contribution in [0.15, 0.2) is 6.20 Å². The van der Waals surface area contributed by atoms with E-state index in [-0.39, 0.29) is 22.8 Å². The van der Waals surface area contributed by atoms with E-state index in [2.05, 4.69) is 4.98 Å². The van der Waals surface area contributed by atoms with Crippen LogP contribution in [0.3, 0.4) is 0 Å². The van der Waals surface area contributed by atoms with Gasteiger partial charge in [0.05, 0.1) is 28.4 Å². The lowest BCUT2D eigenvalue weighted by Gasteiger charge is -2.31. The van der Waals surface area contributed by atoms with Crippen LogP contribution in [0, 0.1) is 24.0 Å². The van der Waals surface area contributed by atoms with Crippen molar-refractivity contribution in [2.24, 2.45) is 5.73 Å². The monoisotopic (exact) mass is 277 g/mol. The second kappa shape index (κ2) is 4.49. The molecule has 20 heavy (non-hydrogen) atoms. The third-order valence-corrected chi connectivity index (χ3v) is 4.61. The lowest BCUT2D eigenvalue weighted by Crippen LogP contribution is -2.50. The SMILES string of the molecule is Cc1cnc(CC2(N)CC3CCC2O3)c(C)c1[N+](=O)[O-]. The number of nitrogens with two attached hydrogens (primary N) is 1. The topological polar surface area (TPSA) is 91.3 Å². The molecule has 2 aliphatic heterocycles. The number of ether oxygens (including phenoxy) is 1.